The van der Waals surface area contributed by atoms with E-state index in [-0.39, 0.29) is 17.5 Å². The number of ether oxygens (including phenoxy) is 2. The first kappa shape index (κ1) is 15.8. The van der Waals surface area contributed by atoms with E-state index in [9.17, 15) is 9.65 Å². The van der Waals surface area contributed by atoms with Gasteiger partial charge >= 0.3 is 0 Å². The molecule has 0 aromatic heterocycles. The van der Waals surface area contributed by atoms with Gasteiger partial charge in [-0.05, 0) is 42.7 Å². The van der Waals surface area contributed by atoms with E-state index in [1.54, 1.807) is 25.3 Å². The van der Waals surface area contributed by atoms with Gasteiger partial charge in [0.05, 0.1) is 25.7 Å². The third-order valence-corrected chi connectivity index (χ3v) is 3.38. The van der Waals surface area contributed by atoms with Crippen LogP contribution in [0.2, 0.25) is 0 Å². The highest BCUT2D eigenvalue weighted by Crippen LogP contribution is 2.24. The molecule has 0 N–H and O–H groups in total. The third-order valence-electron chi connectivity index (χ3n) is 3.38. The van der Waals surface area contributed by atoms with Gasteiger partial charge in [-0.2, -0.15) is 5.26 Å². The van der Waals surface area contributed by atoms with E-state index in [1.165, 1.54) is 6.07 Å². The van der Waals surface area contributed by atoms with Gasteiger partial charge in [0.2, 0.25) is 0 Å². The molecule has 1 unspecified atom stereocenters. The van der Waals surface area contributed by atoms with Gasteiger partial charge in [-0.3, -0.25) is 0 Å². The molecule has 1 atom stereocenters. The van der Waals surface area contributed by atoms with Crippen LogP contribution in [0.3, 0.4) is 0 Å². The van der Waals surface area contributed by atoms with Crippen molar-refractivity contribution in [3.05, 3.63) is 59.9 Å². The first-order valence-electron chi connectivity index (χ1n) is 7.15. The minimum absolute atomic E-state index is 0.223. The van der Waals surface area contributed by atoms with Gasteiger partial charge in [-0.25, -0.2) is 4.39 Å². The van der Waals surface area contributed by atoms with Gasteiger partial charge in [-0.15, -0.1) is 0 Å². The largest absolute Gasteiger partial charge is 0.497 e. The standard InChI is InChI=1S/C18H18FNO2/c1-21-16-8-4-6-14(12-16)15(13-20)7-5-11-22-18-10-3-2-9-17(18)19/h2-4,6,8-10,12,15H,5,7,11H2,1H3. The van der Waals surface area contributed by atoms with Crippen LogP contribution < -0.4 is 9.47 Å². The summed E-state index contributed by atoms with van der Waals surface area (Å²) in [5.74, 6) is 0.393. The molecular weight excluding hydrogens is 281 g/mol. The number of nitriles is 1. The second-order valence-electron chi connectivity index (χ2n) is 4.88. The van der Waals surface area contributed by atoms with E-state index in [0.717, 1.165) is 11.3 Å². The molecular formula is C18H18FNO2. The second-order valence-corrected chi connectivity index (χ2v) is 4.88. The normalized spacial score (nSPS) is 11.5. The highest BCUT2D eigenvalue weighted by atomic mass is 19.1. The molecule has 22 heavy (non-hydrogen) atoms. The Hall–Kier alpha value is -2.54. The lowest BCUT2D eigenvalue weighted by atomic mass is 9.96. The Labute approximate surface area is 129 Å². The number of methoxy groups -OCH3 is 1. The van der Waals surface area contributed by atoms with Crippen molar-refractivity contribution < 1.29 is 13.9 Å². The van der Waals surface area contributed by atoms with E-state index in [1.807, 2.05) is 24.3 Å². The summed E-state index contributed by atoms with van der Waals surface area (Å²) in [5.41, 5.74) is 0.924. The minimum Gasteiger partial charge on any atom is -0.497 e. The highest BCUT2D eigenvalue weighted by Gasteiger charge is 2.11. The molecule has 0 spiro atoms. The van der Waals surface area contributed by atoms with Crippen LogP contribution in [-0.2, 0) is 0 Å². The molecule has 3 nitrogen and oxygen atoms in total. The fourth-order valence-electron chi connectivity index (χ4n) is 2.20. The van der Waals surface area contributed by atoms with Crippen LogP contribution in [0.4, 0.5) is 4.39 Å². The molecule has 114 valence electrons. The summed E-state index contributed by atoms with van der Waals surface area (Å²) in [6.45, 7) is 0.378. The van der Waals surface area contributed by atoms with Crippen LogP contribution in [0.5, 0.6) is 11.5 Å². The van der Waals surface area contributed by atoms with Crippen molar-refractivity contribution in [3.63, 3.8) is 0 Å². The SMILES string of the molecule is COc1cccc(C(C#N)CCCOc2ccccc2F)c1. The maximum absolute atomic E-state index is 13.4. The van der Waals surface area contributed by atoms with Crippen molar-refractivity contribution in [3.8, 4) is 17.6 Å². The summed E-state index contributed by atoms with van der Waals surface area (Å²) in [6, 6.07) is 16.1. The first-order chi connectivity index (χ1) is 10.7. The maximum Gasteiger partial charge on any atom is 0.165 e. The van der Waals surface area contributed by atoms with Crippen LogP contribution >= 0.6 is 0 Å². The zero-order valence-electron chi connectivity index (χ0n) is 12.5. The summed E-state index contributed by atoms with van der Waals surface area (Å²) < 4.78 is 24.0. The smallest absolute Gasteiger partial charge is 0.165 e. The summed E-state index contributed by atoms with van der Waals surface area (Å²) in [4.78, 5) is 0. The zero-order chi connectivity index (χ0) is 15.8. The second kappa shape index (κ2) is 8.04. The van der Waals surface area contributed by atoms with E-state index in [4.69, 9.17) is 9.47 Å². The highest BCUT2D eigenvalue weighted by molar-refractivity contribution is 5.33. The monoisotopic (exact) mass is 299 g/mol. The summed E-state index contributed by atoms with van der Waals surface area (Å²) in [7, 11) is 1.60. The fraction of sp³-hybridized carbons (Fsp3) is 0.278. The lowest BCUT2D eigenvalue weighted by Crippen LogP contribution is -2.03. The average Bonchev–Trinajstić information content (AvgIpc) is 2.56. The number of rotatable bonds is 7. The van der Waals surface area contributed by atoms with Crippen LogP contribution in [0.25, 0.3) is 0 Å². The number of nitrogens with zero attached hydrogens (tertiary/aromatic N) is 1. The molecule has 0 saturated heterocycles. The topological polar surface area (TPSA) is 42.2 Å². The number of para-hydroxylation sites is 1. The van der Waals surface area contributed by atoms with Gasteiger partial charge < -0.3 is 9.47 Å². The van der Waals surface area contributed by atoms with Crippen molar-refractivity contribution in [2.24, 2.45) is 0 Å². The first-order valence-corrected chi connectivity index (χ1v) is 7.15. The van der Waals surface area contributed by atoms with Crippen LogP contribution in [0.1, 0.15) is 24.3 Å². The Bertz CT molecular complexity index is 652. The summed E-state index contributed by atoms with van der Waals surface area (Å²) in [5, 5.41) is 9.31. The number of hydrogen-bond donors (Lipinski definition) is 0. The van der Waals surface area contributed by atoms with E-state index >= 15 is 0 Å². The number of hydrogen-bond acceptors (Lipinski definition) is 3. The number of benzene rings is 2. The molecule has 0 bridgehead atoms. The van der Waals surface area contributed by atoms with Gasteiger partial charge in [0.25, 0.3) is 0 Å². The van der Waals surface area contributed by atoms with E-state index in [0.29, 0.717) is 19.4 Å². The Morgan fingerprint density at radius 2 is 2.00 bits per heavy atom. The maximum atomic E-state index is 13.4. The van der Waals surface area contributed by atoms with Crippen molar-refractivity contribution in [1.82, 2.24) is 0 Å². The molecule has 2 aromatic rings. The molecule has 0 amide bonds. The quantitative estimate of drug-likeness (QED) is 0.716. The van der Waals surface area contributed by atoms with E-state index < -0.39 is 0 Å². The van der Waals surface area contributed by atoms with Gasteiger partial charge in [0, 0.05) is 0 Å². The third kappa shape index (κ3) is 4.23. The van der Waals surface area contributed by atoms with Crippen molar-refractivity contribution >= 4 is 0 Å². The molecule has 2 aromatic carbocycles. The van der Waals surface area contributed by atoms with E-state index in [2.05, 4.69) is 6.07 Å². The minimum atomic E-state index is -0.368. The lowest BCUT2D eigenvalue weighted by Gasteiger charge is -2.11. The van der Waals surface area contributed by atoms with Crippen LogP contribution in [0.15, 0.2) is 48.5 Å². The van der Waals surface area contributed by atoms with Crippen molar-refractivity contribution in [1.29, 1.82) is 5.26 Å². The molecule has 0 heterocycles. The van der Waals surface area contributed by atoms with Gasteiger partial charge in [0.15, 0.2) is 11.6 Å². The van der Waals surface area contributed by atoms with Crippen LogP contribution in [0, 0.1) is 17.1 Å². The lowest BCUT2D eigenvalue weighted by molar-refractivity contribution is 0.290. The molecule has 2 rings (SSSR count). The Morgan fingerprint density at radius 1 is 1.18 bits per heavy atom. The number of halogens is 1. The predicted molar refractivity (Wildman–Crippen MR) is 82.5 cm³/mol. The van der Waals surface area contributed by atoms with Crippen molar-refractivity contribution in [2.45, 2.75) is 18.8 Å². The molecule has 0 aliphatic carbocycles. The molecule has 0 aliphatic heterocycles. The van der Waals surface area contributed by atoms with Gasteiger partial charge in [0.1, 0.15) is 5.75 Å². The predicted octanol–water partition coefficient (Wildman–Crippen LogP) is 4.30. The molecule has 0 radical (unpaired) electrons. The van der Waals surface area contributed by atoms with Gasteiger partial charge in [-0.1, -0.05) is 24.3 Å². The molecule has 0 saturated carbocycles. The average molecular weight is 299 g/mol. The Morgan fingerprint density at radius 3 is 2.73 bits per heavy atom. The summed E-state index contributed by atoms with van der Waals surface area (Å²) in [6.07, 6.45) is 1.32. The molecule has 0 aliphatic rings. The Kier molecular flexibility index (Phi) is 5.79. The van der Waals surface area contributed by atoms with Crippen molar-refractivity contribution in [2.75, 3.05) is 13.7 Å². The Balaban J connectivity index is 1.86. The molecule has 4 heteroatoms. The molecule has 0 fully saturated rings. The van der Waals surface area contributed by atoms with Crippen LogP contribution in [-0.4, -0.2) is 13.7 Å². The fourth-order valence-corrected chi connectivity index (χ4v) is 2.20. The summed E-state index contributed by atoms with van der Waals surface area (Å²) >= 11 is 0. The zero-order valence-corrected chi connectivity index (χ0v) is 12.5.